The van der Waals surface area contributed by atoms with Crippen LogP contribution in [0.5, 0.6) is 11.5 Å². The van der Waals surface area contributed by atoms with Crippen LogP contribution in [0.2, 0.25) is 0 Å². The van der Waals surface area contributed by atoms with Gasteiger partial charge in [0.15, 0.2) is 0 Å². The van der Waals surface area contributed by atoms with Crippen LogP contribution in [0.25, 0.3) is 11.3 Å². The maximum Gasteiger partial charge on any atom is 0.416 e. The number of nitrogens with zero attached hydrogens (tertiary/aromatic N) is 2. The lowest BCUT2D eigenvalue weighted by Crippen LogP contribution is -2.19. The van der Waals surface area contributed by atoms with Crippen LogP contribution in [0, 0.1) is 29.1 Å². The van der Waals surface area contributed by atoms with Gasteiger partial charge in [-0.05, 0) is 36.2 Å². The van der Waals surface area contributed by atoms with Crippen molar-refractivity contribution in [1.29, 1.82) is 0 Å². The number of aryl methyl sites for hydroxylation is 1. The molecule has 5 rings (SSSR count). The number of aromatic nitrogens is 2. The number of hydrogen-bond donors (Lipinski definition) is 0. The number of hydrogen-bond acceptors (Lipinski definition) is 5. The van der Waals surface area contributed by atoms with E-state index in [2.05, 4.69) is 9.28 Å². The summed E-state index contributed by atoms with van der Waals surface area (Å²) < 4.78 is 146. The number of ether oxygens (including phenoxy) is 1. The van der Waals surface area contributed by atoms with Crippen molar-refractivity contribution >= 4 is 10.1 Å². The summed E-state index contributed by atoms with van der Waals surface area (Å²) in [6, 6.07) is 7.89. The molecule has 3 aromatic carbocycles. The van der Waals surface area contributed by atoms with Crippen LogP contribution in [0.3, 0.4) is 0 Å². The Morgan fingerprint density at radius 2 is 1.54 bits per heavy atom. The van der Waals surface area contributed by atoms with Crippen LogP contribution >= 0.6 is 0 Å². The van der Waals surface area contributed by atoms with E-state index in [0.29, 0.717) is 16.8 Å². The fourth-order valence-electron chi connectivity index (χ4n) is 4.56. The lowest BCUT2D eigenvalue weighted by atomic mass is 9.83. The molecule has 0 saturated carbocycles. The second-order valence-electron chi connectivity index (χ2n) is 8.97. The molecule has 4 aromatic rings. The van der Waals surface area contributed by atoms with E-state index in [1.54, 1.807) is 7.05 Å². The summed E-state index contributed by atoms with van der Waals surface area (Å²) in [5.74, 6) is -14.9. The first-order valence-corrected chi connectivity index (χ1v) is 13.0. The van der Waals surface area contributed by atoms with Gasteiger partial charge in [-0.1, -0.05) is 12.1 Å². The molecule has 0 fully saturated rings. The Labute approximate surface area is 226 Å². The minimum Gasteiger partial charge on any atom is -0.493 e. The summed E-state index contributed by atoms with van der Waals surface area (Å²) in [7, 11) is -3.59. The van der Waals surface area contributed by atoms with E-state index in [0.717, 1.165) is 24.3 Å². The normalized spacial score (nSPS) is 15.4. The SMILES string of the molecule is Cn1nccc1-c1cc(C(F)(F)F)ccc1C1CCOc2cc(S(=O)(=O)Oc3c(F)c(F)c(F)c(F)c3F)ccc21. The molecule has 1 aliphatic rings. The predicted molar refractivity (Wildman–Crippen MR) is 126 cm³/mol. The lowest BCUT2D eigenvalue weighted by Gasteiger charge is -2.28. The van der Waals surface area contributed by atoms with E-state index < -0.39 is 67.5 Å². The molecular formula is C26H16F8N2O4S. The van der Waals surface area contributed by atoms with Gasteiger partial charge in [0, 0.05) is 36.4 Å². The van der Waals surface area contributed by atoms with Gasteiger partial charge in [0.05, 0.1) is 17.9 Å². The van der Waals surface area contributed by atoms with Gasteiger partial charge in [-0.2, -0.15) is 35.5 Å². The van der Waals surface area contributed by atoms with Crippen LogP contribution in [0.15, 0.2) is 53.6 Å². The van der Waals surface area contributed by atoms with E-state index >= 15 is 0 Å². The maximum absolute atomic E-state index is 14.0. The van der Waals surface area contributed by atoms with Gasteiger partial charge in [-0.15, -0.1) is 0 Å². The highest BCUT2D eigenvalue weighted by Crippen LogP contribution is 2.44. The molecule has 0 spiro atoms. The van der Waals surface area contributed by atoms with E-state index in [-0.39, 0.29) is 24.3 Å². The predicted octanol–water partition coefficient (Wildman–Crippen LogP) is 6.48. The number of fused-ring (bicyclic) bond motifs is 1. The molecule has 15 heteroatoms. The van der Waals surface area contributed by atoms with Gasteiger partial charge in [0.2, 0.25) is 34.8 Å². The van der Waals surface area contributed by atoms with Crippen LogP contribution in [0.1, 0.15) is 29.0 Å². The Morgan fingerprint density at radius 1 is 0.902 bits per heavy atom. The quantitative estimate of drug-likeness (QED) is 0.113. The zero-order chi connectivity index (χ0) is 29.9. The third kappa shape index (κ3) is 4.98. The summed E-state index contributed by atoms with van der Waals surface area (Å²) in [6.07, 6.45) is -2.92. The molecule has 0 saturated heterocycles. The molecule has 1 aliphatic heterocycles. The fourth-order valence-corrected chi connectivity index (χ4v) is 5.51. The second-order valence-corrected chi connectivity index (χ2v) is 10.5. The Balaban J connectivity index is 1.56. The number of halogens is 8. The zero-order valence-corrected chi connectivity index (χ0v) is 21.4. The summed E-state index contributed by atoms with van der Waals surface area (Å²) in [5.41, 5.74) is 0.545. The molecule has 0 bridgehead atoms. The highest BCUT2D eigenvalue weighted by atomic mass is 32.2. The minimum absolute atomic E-state index is 0.00547. The summed E-state index contributed by atoms with van der Waals surface area (Å²) in [4.78, 5) is -0.736. The smallest absolute Gasteiger partial charge is 0.416 e. The van der Waals surface area contributed by atoms with Crippen molar-refractivity contribution in [1.82, 2.24) is 9.78 Å². The first-order valence-electron chi connectivity index (χ1n) is 11.6. The Hall–Kier alpha value is -4.14. The number of rotatable bonds is 5. The van der Waals surface area contributed by atoms with Gasteiger partial charge in [-0.3, -0.25) is 4.68 Å². The van der Waals surface area contributed by atoms with Crippen molar-refractivity contribution in [2.45, 2.75) is 23.4 Å². The fraction of sp³-hybridized carbons (Fsp3) is 0.192. The van der Waals surface area contributed by atoms with Gasteiger partial charge in [0.1, 0.15) is 10.6 Å². The van der Waals surface area contributed by atoms with Crippen molar-refractivity contribution < 1.29 is 52.5 Å². The molecule has 0 amide bonds. The number of alkyl halides is 3. The molecule has 6 nitrogen and oxygen atoms in total. The monoisotopic (exact) mass is 604 g/mol. The second kappa shape index (κ2) is 10.0. The molecule has 0 radical (unpaired) electrons. The molecule has 1 atom stereocenters. The molecular weight excluding hydrogens is 588 g/mol. The lowest BCUT2D eigenvalue weighted by molar-refractivity contribution is -0.137. The topological polar surface area (TPSA) is 70.4 Å². The minimum atomic E-state index is -5.14. The largest absolute Gasteiger partial charge is 0.493 e. The van der Waals surface area contributed by atoms with E-state index in [9.17, 15) is 43.5 Å². The molecule has 0 N–H and O–H groups in total. The highest BCUT2D eigenvalue weighted by Gasteiger charge is 2.35. The van der Waals surface area contributed by atoms with Crippen molar-refractivity contribution in [3.63, 3.8) is 0 Å². The van der Waals surface area contributed by atoms with Crippen molar-refractivity contribution in [2.75, 3.05) is 6.61 Å². The van der Waals surface area contributed by atoms with Gasteiger partial charge >= 0.3 is 16.3 Å². The van der Waals surface area contributed by atoms with Gasteiger partial charge < -0.3 is 8.92 Å². The Bertz CT molecular complexity index is 1760. The average Bonchev–Trinajstić information content (AvgIpc) is 3.37. The third-order valence-corrected chi connectivity index (χ3v) is 7.75. The van der Waals surface area contributed by atoms with E-state index in [4.69, 9.17) is 4.74 Å². The third-order valence-electron chi connectivity index (χ3n) is 6.53. The summed E-state index contributed by atoms with van der Waals surface area (Å²) in [6.45, 7) is 0.00547. The molecule has 1 aromatic heterocycles. The highest BCUT2D eigenvalue weighted by molar-refractivity contribution is 7.87. The average molecular weight is 604 g/mol. The first kappa shape index (κ1) is 28.4. The van der Waals surface area contributed by atoms with Gasteiger partial charge in [0.25, 0.3) is 0 Å². The number of benzene rings is 3. The van der Waals surface area contributed by atoms with Crippen molar-refractivity contribution in [2.24, 2.45) is 7.05 Å². The molecule has 2 heterocycles. The summed E-state index contributed by atoms with van der Waals surface area (Å²) >= 11 is 0. The molecule has 1 unspecified atom stereocenters. The van der Waals surface area contributed by atoms with Crippen LogP contribution in [0.4, 0.5) is 35.1 Å². The molecule has 0 aliphatic carbocycles. The van der Waals surface area contributed by atoms with Crippen LogP contribution in [-0.4, -0.2) is 24.8 Å². The maximum atomic E-state index is 14.0. The standard InChI is InChI=1S/C26H16F8N2O4S/c1-36-18(6-8-35-36)17-10-12(26(32,33)34)2-4-14(17)15-7-9-39-19-11-13(3-5-16(15)19)41(37,38)40-25-23(30)21(28)20(27)22(29)24(25)31/h2-6,8,10-11,15H,7,9H2,1H3. The van der Waals surface area contributed by atoms with E-state index in [1.165, 1.54) is 29.1 Å². The zero-order valence-electron chi connectivity index (χ0n) is 20.6. The van der Waals surface area contributed by atoms with Crippen molar-refractivity contribution in [3.05, 3.63) is 94.4 Å². The van der Waals surface area contributed by atoms with Crippen LogP contribution in [-0.2, 0) is 23.3 Å². The van der Waals surface area contributed by atoms with Crippen LogP contribution < -0.4 is 8.92 Å². The first-order chi connectivity index (χ1) is 19.2. The van der Waals surface area contributed by atoms with E-state index in [1.807, 2.05) is 0 Å². The summed E-state index contributed by atoms with van der Waals surface area (Å²) in [5, 5.41) is 4.03. The molecule has 216 valence electrons. The molecule has 41 heavy (non-hydrogen) atoms. The van der Waals surface area contributed by atoms with Gasteiger partial charge in [-0.25, -0.2) is 13.2 Å². The Kier molecular flexibility index (Phi) is 6.96. The Morgan fingerprint density at radius 3 is 2.15 bits per heavy atom. The van der Waals surface area contributed by atoms with Crippen molar-refractivity contribution in [3.8, 4) is 22.8 Å².